The average molecular weight is 536 g/mol. The number of halogens is 1. The van der Waals surface area contributed by atoms with E-state index in [4.69, 9.17) is 4.98 Å². The van der Waals surface area contributed by atoms with Crippen molar-refractivity contribution in [2.24, 2.45) is 5.92 Å². The van der Waals surface area contributed by atoms with Gasteiger partial charge in [-0.2, -0.15) is 0 Å². The molecule has 0 saturated carbocycles. The Kier molecular flexibility index (Phi) is 6.52. The minimum Gasteiger partial charge on any atom is -0.341 e. The fourth-order valence-electron chi connectivity index (χ4n) is 4.83. The van der Waals surface area contributed by atoms with Crippen LogP contribution in [0.4, 0.5) is 4.39 Å². The molecule has 5 rings (SSSR count). The van der Waals surface area contributed by atoms with Gasteiger partial charge < -0.3 is 4.90 Å². The van der Waals surface area contributed by atoms with Crippen LogP contribution in [-0.4, -0.2) is 59.1 Å². The molecule has 1 aromatic carbocycles. The van der Waals surface area contributed by atoms with Crippen molar-refractivity contribution in [3.05, 3.63) is 50.9 Å². The molecule has 0 unspecified atom stereocenters. The molecule has 35 heavy (non-hydrogen) atoms. The fourth-order valence-corrected chi connectivity index (χ4v) is 8.95. The van der Waals surface area contributed by atoms with Gasteiger partial charge >= 0.3 is 0 Å². The summed E-state index contributed by atoms with van der Waals surface area (Å²) < 4.78 is 39.7. The van der Waals surface area contributed by atoms with Crippen LogP contribution in [0.1, 0.15) is 30.2 Å². The van der Waals surface area contributed by atoms with Crippen molar-refractivity contribution in [3.63, 3.8) is 0 Å². The number of aromatic nitrogens is 2. The first kappa shape index (κ1) is 24.5. The van der Waals surface area contributed by atoms with E-state index in [1.165, 1.54) is 32.9 Å². The molecule has 2 aromatic heterocycles. The van der Waals surface area contributed by atoms with E-state index < -0.39 is 15.7 Å². The maximum absolute atomic E-state index is 14.8. The lowest BCUT2D eigenvalue weighted by Crippen LogP contribution is -2.39. The minimum atomic E-state index is -3.12. The molecular formula is C24H26FN3O4S3. The molecule has 0 N–H and O–H groups in total. The number of aryl methyl sites for hydroxylation is 1. The lowest BCUT2D eigenvalue weighted by molar-refractivity contribution is -0.128. The SMILES string of the molecule is C[C@@H]1CCc2c(sc3nc(SCC(=O)N(C)[C@@H]4CCS(=O)(=O)C4)n(-c4ccccc4F)c(=O)c23)C1. The molecule has 11 heteroatoms. The van der Waals surface area contributed by atoms with Gasteiger partial charge in [-0.3, -0.25) is 14.2 Å². The first-order chi connectivity index (χ1) is 16.6. The number of sulfone groups is 1. The number of thioether (sulfide) groups is 1. The van der Waals surface area contributed by atoms with Gasteiger partial charge in [0, 0.05) is 18.0 Å². The van der Waals surface area contributed by atoms with Gasteiger partial charge in [-0.25, -0.2) is 17.8 Å². The van der Waals surface area contributed by atoms with Gasteiger partial charge in [-0.15, -0.1) is 11.3 Å². The summed E-state index contributed by atoms with van der Waals surface area (Å²) in [5.74, 6) is -0.272. The van der Waals surface area contributed by atoms with Crippen molar-refractivity contribution in [2.45, 2.75) is 43.8 Å². The van der Waals surface area contributed by atoms with Crippen LogP contribution in [0.15, 0.2) is 34.2 Å². The highest BCUT2D eigenvalue weighted by Crippen LogP contribution is 2.37. The largest absolute Gasteiger partial charge is 0.341 e. The van der Waals surface area contributed by atoms with Gasteiger partial charge in [0.2, 0.25) is 5.91 Å². The van der Waals surface area contributed by atoms with Crippen LogP contribution in [-0.2, 0) is 27.5 Å². The van der Waals surface area contributed by atoms with E-state index in [-0.39, 0.29) is 45.6 Å². The Labute approximate surface area is 211 Å². The standard InChI is InChI=1S/C24H26FN3O4S3/c1-14-7-8-16-19(11-14)34-22-21(16)23(30)28(18-6-4-3-5-17(18)25)24(26-22)33-12-20(29)27(2)15-9-10-35(31,32)13-15/h3-6,14-15H,7-13H2,1-2H3/t14-,15-/m1/s1. The number of para-hydroxylation sites is 1. The number of carbonyl (C=O) groups is 1. The summed E-state index contributed by atoms with van der Waals surface area (Å²) in [6.45, 7) is 2.19. The predicted molar refractivity (Wildman–Crippen MR) is 137 cm³/mol. The van der Waals surface area contributed by atoms with E-state index in [0.717, 1.165) is 41.5 Å². The van der Waals surface area contributed by atoms with E-state index >= 15 is 0 Å². The molecule has 3 heterocycles. The number of thiophene rings is 1. The van der Waals surface area contributed by atoms with Crippen LogP contribution < -0.4 is 5.56 Å². The second-order valence-corrected chi connectivity index (χ2v) is 13.6. The van der Waals surface area contributed by atoms with Crippen molar-refractivity contribution in [2.75, 3.05) is 24.3 Å². The Bertz CT molecular complexity index is 1480. The highest BCUT2D eigenvalue weighted by molar-refractivity contribution is 7.99. The normalized spacial score (nSPS) is 21.2. The second-order valence-electron chi connectivity index (χ2n) is 9.37. The summed E-state index contributed by atoms with van der Waals surface area (Å²) in [7, 11) is -1.52. The number of rotatable bonds is 5. The van der Waals surface area contributed by atoms with Gasteiger partial charge in [0.05, 0.1) is 28.3 Å². The number of nitrogens with zero attached hydrogens (tertiary/aromatic N) is 3. The third kappa shape index (κ3) is 4.65. The predicted octanol–water partition coefficient (Wildman–Crippen LogP) is 3.45. The monoisotopic (exact) mass is 535 g/mol. The summed E-state index contributed by atoms with van der Waals surface area (Å²) in [5.41, 5.74) is 0.791. The third-order valence-electron chi connectivity index (χ3n) is 6.87. The molecule has 0 spiro atoms. The van der Waals surface area contributed by atoms with Crippen LogP contribution in [0.25, 0.3) is 15.9 Å². The van der Waals surface area contributed by atoms with Crippen molar-refractivity contribution < 1.29 is 17.6 Å². The Hall–Kier alpha value is -2.24. The van der Waals surface area contributed by atoms with E-state index in [1.807, 2.05) is 0 Å². The molecular weight excluding hydrogens is 509 g/mol. The van der Waals surface area contributed by atoms with Crippen LogP contribution in [0.5, 0.6) is 0 Å². The second kappa shape index (κ2) is 9.33. The van der Waals surface area contributed by atoms with Crippen molar-refractivity contribution in [1.82, 2.24) is 14.5 Å². The minimum absolute atomic E-state index is 0.0385. The quantitative estimate of drug-likeness (QED) is 0.367. The number of amides is 1. The smallest absolute Gasteiger partial charge is 0.267 e. The first-order valence-electron chi connectivity index (χ1n) is 11.6. The van der Waals surface area contributed by atoms with Gasteiger partial charge in [0.15, 0.2) is 15.0 Å². The molecule has 3 aromatic rings. The molecule has 1 fully saturated rings. The van der Waals surface area contributed by atoms with E-state index in [0.29, 0.717) is 22.6 Å². The summed E-state index contributed by atoms with van der Waals surface area (Å²) in [6.07, 6.45) is 3.10. The summed E-state index contributed by atoms with van der Waals surface area (Å²) in [5, 5.41) is 0.796. The van der Waals surface area contributed by atoms with E-state index in [2.05, 4.69) is 6.92 Å². The molecule has 1 aliphatic carbocycles. The Balaban J connectivity index is 1.53. The van der Waals surface area contributed by atoms with Gasteiger partial charge in [-0.05, 0) is 49.3 Å². The van der Waals surface area contributed by atoms with Crippen molar-refractivity contribution in [1.29, 1.82) is 0 Å². The number of hydrogen-bond donors (Lipinski definition) is 0. The van der Waals surface area contributed by atoms with Crippen molar-refractivity contribution in [3.8, 4) is 5.69 Å². The molecule has 2 aliphatic rings. The molecule has 0 radical (unpaired) electrons. The van der Waals surface area contributed by atoms with Crippen molar-refractivity contribution >= 4 is 49.1 Å². The number of fused-ring (bicyclic) bond motifs is 3. The summed E-state index contributed by atoms with van der Waals surface area (Å²) in [6, 6.07) is 5.69. The van der Waals surface area contributed by atoms with Crippen LogP contribution >= 0.6 is 23.1 Å². The maximum Gasteiger partial charge on any atom is 0.267 e. The topological polar surface area (TPSA) is 89.3 Å². The number of benzene rings is 1. The first-order valence-corrected chi connectivity index (χ1v) is 15.2. The summed E-state index contributed by atoms with van der Waals surface area (Å²) in [4.78, 5) is 34.6. The molecule has 2 atom stereocenters. The van der Waals surface area contributed by atoms with Gasteiger partial charge in [-0.1, -0.05) is 30.8 Å². The molecule has 1 saturated heterocycles. The van der Waals surface area contributed by atoms with Gasteiger partial charge in [0.25, 0.3) is 5.56 Å². The number of carbonyl (C=O) groups excluding carboxylic acids is 1. The zero-order valence-electron chi connectivity index (χ0n) is 19.5. The Morgan fingerprint density at radius 3 is 2.80 bits per heavy atom. The van der Waals surface area contributed by atoms with Crippen LogP contribution in [0, 0.1) is 11.7 Å². The van der Waals surface area contributed by atoms with E-state index in [9.17, 15) is 22.4 Å². The molecule has 7 nitrogen and oxygen atoms in total. The van der Waals surface area contributed by atoms with Crippen LogP contribution in [0.3, 0.4) is 0 Å². The fraction of sp³-hybridized carbons (Fsp3) is 0.458. The lowest BCUT2D eigenvalue weighted by Gasteiger charge is -2.23. The molecule has 0 bridgehead atoms. The highest BCUT2D eigenvalue weighted by atomic mass is 32.2. The molecule has 186 valence electrons. The highest BCUT2D eigenvalue weighted by Gasteiger charge is 2.33. The zero-order chi connectivity index (χ0) is 24.9. The Morgan fingerprint density at radius 1 is 1.31 bits per heavy atom. The number of hydrogen-bond acceptors (Lipinski definition) is 7. The van der Waals surface area contributed by atoms with E-state index in [1.54, 1.807) is 19.2 Å². The maximum atomic E-state index is 14.8. The third-order valence-corrected chi connectivity index (χ3v) is 10.7. The summed E-state index contributed by atoms with van der Waals surface area (Å²) >= 11 is 2.58. The average Bonchev–Trinajstić information content (AvgIpc) is 3.36. The Morgan fingerprint density at radius 2 is 2.09 bits per heavy atom. The lowest BCUT2D eigenvalue weighted by atomic mass is 9.89. The molecule has 1 aliphatic heterocycles. The molecule has 1 amide bonds. The van der Waals surface area contributed by atoms with Crippen LogP contribution in [0.2, 0.25) is 0 Å². The zero-order valence-corrected chi connectivity index (χ0v) is 21.9. The van der Waals surface area contributed by atoms with Gasteiger partial charge in [0.1, 0.15) is 10.6 Å².